The van der Waals surface area contributed by atoms with Gasteiger partial charge in [0.05, 0.1) is 11.9 Å². The molecule has 2 aromatic rings. The maximum Gasteiger partial charge on any atom is 0.231 e. The Morgan fingerprint density at radius 2 is 2.21 bits per heavy atom. The van der Waals surface area contributed by atoms with Crippen molar-refractivity contribution in [2.45, 2.75) is 25.8 Å². The van der Waals surface area contributed by atoms with Gasteiger partial charge in [-0.1, -0.05) is 0 Å². The molecular weight excluding hydrogens is 242 g/mol. The Kier molecular flexibility index (Phi) is 3.13. The predicted octanol–water partition coefficient (Wildman–Crippen LogP) is 2.09. The third kappa shape index (κ3) is 2.56. The summed E-state index contributed by atoms with van der Waals surface area (Å²) in [5, 5.41) is 0. The van der Waals surface area contributed by atoms with Crippen LogP contribution in [0.15, 0.2) is 24.4 Å². The van der Waals surface area contributed by atoms with Gasteiger partial charge in [-0.2, -0.15) is 0 Å². The zero-order valence-electron chi connectivity index (χ0n) is 10.8. The minimum atomic E-state index is 0.194. The van der Waals surface area contributed by atoms with E-state index in [4.69, 9.17) is 15.2 Å². The van der Waals surface area contributed by atoms with Gasteiger partial charge < -0.3 is 20.2 Å². The number of aromatic nitrogens is 2. The lowest BCUT2D eigenvalue weighted by Gasteiger charge is -2.02. The van der Waals surface area contributed by atoms with E-state index in [2.05, 4.69) is 9.97 Å². The van der Waals surface area contributed by atoms with Gasteiger partial charge in [0.25, 0.3) is 0 Å². The molecule has 0 fully saturated rings. The van der Waals surface area contributed by atoms with E-state index in [0.29, 0.717) is 6.79 Å². The van der Waals surface area contributed by atoms with Gasteiger partial charge in [0.2, 0.25) is 6.79 Å². The van der Waals surface area contributed by atoms with Crippen LogP contribution in [0.5, 0.6) is 11.5 Å². The standard InChI is InChI=1S/C14H17N3O2/c1-9(15)2-5-14-16-7-11(17-14)10-3-4-12-13(6-10)19-8-18-12/h3-4,6-7,9H,2,5,8,15H2,1H3,(H,16,17). The van der Waals surface area contributed by atoms with Crippen LogP contribution in [0.3, 0.4) is 0 Å². The van der Waals surface area contributed by atoms with Crippen molar-refractivity contribution in [2.24, 2.45) is 5.73 Å². The second kappa shape index (κ2) is 4.93. The first-order valence-electron chi connectivity index (χ1n) is 6.42. The van der Waals surface area contributed by atoms with Crippen LogP contribution in [0.25, 0.3) is 11.3 Å². The van der Waals surface area contributed by atoms with Crippen LogP contribution >= 0.6 is 0 Å². The van der Waals surface area contributed by atoms with Gasteiger partial charge in [-0.15, -0.1) is 0 Å². The minimum absolute atomic E-state index is 0.194. The van der Waals surface area contributed by atoms with Crippen LogP contribution in [-0.4, -0.2) is 22.8 Å². The number of nitrogens with zero attached hydrogens (tertiary/aromatic N) is 1. The number of imidazole rings is 1. The number of fused-ring (bicyclic) bond motifs is 1. The van der Waals surface area contributed by atoms with Gasteiger partial charge in [-0.25, -0.2) is 4.98 Å². The Balaban J connectivity index is 1.79. The molecule has 1 aliphatic heterocycles. The molecule has 2 heterocycles. The van der Waals surface area contributed by atoms with E-state index in [9.17, 15) is 0 Å². The Labute approximate surface area is 111 Å². The fraction of sp³-hybridized carbons (Fsp3) is 0.357. The smallest absolute Gasteiger partial charge is 0.231 e. The highest BCUT2D eigenvalue weighted by molar-refractivity contribution is 5.64. The molecule has 19 heavy (non-hydrogen) atoms. The molecule has 1 atom stereocenters. The molecule has 1 aliphatic rings. The second-order valence-corrected chi connectivity index (χ2v) is 4.83. The number of nitrogens with one attached hydrogen (secondary N) is 1. The van der Waals surface area contributed by atoms with Gasteiger partial charge in [-0.05, 0) is 31.5 Å². The van der Waals surface area contributed by atoms with Crippen molar-refractivity contribution in [2.75, 3.05) is 6.79 Å². The van der Waals surface area contributed by atoms with Crippen LogP contribution < -0.4 is 15.2 Å². The van der Waals surface area contributed by atoms with E-state index in [1.807, 2.05) is 31.3 Å². The number of nitrogens with two attached hydrogens (primary N) is 1. The second-order valence-electron chi connectivity index (χ2n) is 4.83. The third-order valence-electron chi connectivity index (χ3n) is 3.15. The molecule has 100 valence electrons. The molecule has 1 unspecified atom stereocenters. The maximum atomic E-state index is 5.75. The topological polar surface area (TPSA) is 73.2 Å². The molecule has 1 aromatic carbocycles. The van der Waals surface area contributed by atoms with E-state index in [1.54, 1.807) is 0 Å². The molecule has 0 bridgehead atoms. The minimum Gasteiger partial charge on any atom is -0.454 e. The fourth-order valence-corrected chi connectivity index (χ4v) is 2.06. The van der Waals surface area contributed by atoms with Crippen LogP contribution in [0.2, 0.25) is 0 Å². The lowest BCUT2D eigenvalue weighted by molar-refractivity contribution is 0.174. The Hall–Kier alpha value is -2.01. The van der Waals surface area contributed by atoms with Crippen LogP contribution in [0.1, 0.15) is 19.2 Å². The fourth-order valence-electron chi connectivity index (χ4n) is 2.06. The van der Waals surface area contributed by atoms with Crippen LogP contribution in [0.4, 0.5) is 0 Å². The average Bonchev–Trinajstić information content (AvgIpc) is 3.04. The van der Waals surface area contributed by atoms with Gasteiger partial charge >= 0.3 is 0 Å². The first-order valence-corrected chi connectivity index (χ1v) is 6.42. The van der Waals surface area contributed by atoms with E-state index in [-0.39, 0.29) is 6.04 Å². The normalized spacial score (nSPS) is 14.6. The van der Waals surface area contributed by atoms with Gasteiger partial charge in [0.15, 0.2) is 11.5 Å². The zero-order chi connectivity index (χ0) is 13.2. The summed E-state index contributed by atoms with van der Waals surface area (Å²) in [5.41, 5.74) is 7.78. The van der Waals surface area contributed by atoms with Crippen LogP contribution in [-0.2, 0) is 6.42 Å². The van der Waals surface area contributed by atoms with Crippen molar-refractivity contribution in [1.29, 1.82) is 0 Å². The summed E-state index contributed by atoms with van der Waals surface area (Å²) in [7, 11) is 0. The van der Waals surface area contributed by atoms with Crippen LogP contribution in [0, 0.1) is 0 Å². The van der Waals surface area contributed by atoms with Gasteiger partial charge in [-0.3, -0.25) is 0 Å². The summed E-state index contributed by atoms with van der Waals surface area (Å²) < 4.78 is 10.7. The first kappa shape index (κ1) is 12.0. The zero-order valence-corrected chi connectivity index (χ0v) is 10.8. The summed E-state index contributed by atoms with van der Waals surface area (Å²) in [4.78, 5) is 7.69. The number of ether oxygens (including phenoxy) is 2. The average molecular weight is 259 g/mol. The lowest BCUT2D eigenvalue weighted by atomic mass is 10.1. The van der Waals surface area contributed by atoms with Gasteiger partial charge in [0.1, 0.15) is 5.82 Å². The summed E-state index contributed by atoms with van der Waals surface area (Å²) in [6.07, 6.45) is 3.63. The molecule has 5 nitrogen and oxygen atoms in total. The van der Waals surface area contributed by atoms with Crippen molar-refractivity contribution >= 4 is 0 Å². The van der Waals surface area contributed by atoms with Gasteiger partial charge in [0, 0.05) is 18.0 Å². The molecule has 0 aliphatic carbocycles. The molecule has 0 saturated heterocycles. The van der Waals surface area contributed by atoms with E-state index in [0.717, 1.165) is 41.4 Å². The Morgan fingerprint density at radius 1 is 1.37 bits per heavy atom. The van der Waals surface area contributed by atoms with Crippen molar-refractivity contribution in [3.8, 4) is 22.8 Å². The van der Waals surface area contributed by atoms with E-state index >= 15 is 0 Å². The van der Waals surface area contributed by atoms with E-state index in [1.165, 1.54) is 0 Å². The molecule has 0 spiro atoms. The van der Waals surface area contributed by atoms with E-state index < -0.39 is 0 Å². The van der Waals surface area contributed by atoms with Crippen molar-refractivity contribution in [1.82, 2.24) is 9.97 Å². The molecule has 3 N–H and O–H groups in total. The van der Waals surface area contributed by atoms with Crippen molar-refractivity contribution < 1.29 is 9.47 Å². The SMILES string of the molecule is CC(N)CCc1ncc(-c2ccc3c(c2)OCO3)[nH]1. The largest absolute Gasteiger partial charge is 0.454 e. The maximum absolute atomic E-state index is 5.75. The number of H-pyrrole nitrogens is 1. The number of aromatic amines is 1. The molecular formula is C14H17N3O2. The molecule has 0 radical (unpaired) electrons. The number of hydrogen-bond acceptors (Lipinski definition) is 4. The van der Waals surface area contributed by atoms with Crippen molar-refractivity contribution in [3.05, 3.63) is 30.2 Å². The Morgan fingerprint density at radius 3 is 3.05 bits per heavy atom. The highest BCUT2D eigenvalue weighted by Crippen LogP contribution is 2.35. The quantitative estimate of drug-likeness (QED) is 0.881. The highest BCUT2D eigenvalue weighted by Gasteiger charge is 2.14. The molecule has 5 heteroatoms. The number of aryl methyl sites for hydroxylation is 1. The summed E-state index contributed by atoms with van der Waals surface area (Å²) in [6.45, 7) is 2.29. The van der Waals surface area contributed by atoms with Crippen molar-refractivity contribution in [3.63, 3.8) is 0 Å². The molecule has 1 aromatic heterocycles. The summed E-state index contributed by atoms with van der Waals surface area (Å²) in [6, 6.07) is 6.07. The number of hydrogen-bond donors (Lipinski definition) is 2. The number of benzene rings is 1. The monoisotopic (exact) mass is 259 g/mol. The summed E-state index contributed by atoms with van der Waals surface area (Å²) >= 11 is 0. The Bertz CT molecular complexity index is 578. The first-order chi connectivity index (χ1) is 9.22. The molecule has 0 saturated carbocycles. The predicted molar refractivity (Wildman–Crippen MR) is 72.1 cm³/mol. The summed E-state index contributed by atoms with van der Waals surface area (Å²) in [5.74, 6) is 2.54. The third-order valence-corrected chi connectivity index (χ3v) is 3.15. The highest BCUT2D eigenvalue weighted by atomic mass is 16.7. The molecule has 3 rings (SSSR count). The lowest BCUT2D eigenvalue weighted by Crippen LogP contribution is -2.15. The molecule has 0 amide bonds. The number of rotatable bonds is 4.